The van der Waals surface area contributed by atoms with Crippen molar-refractivity contribution in [3.63, 3.8) is 0 Å². The largest absolute Gasteiger partial charge is 0.390 e. The van der Waals surface area contributed by atoms with Gasteiger partial charge < -0.3 is 20.4 Å². The van der Waals surface area contributed by atoms with Crippen LogP contribution >= 0.6 is 0 Å². The lowest BCUT2D eigenvalue weighted by atomic mass is 9.48. The molecule has 0 saturated heterocycles. The van der Waals surface area contributed by atoms with Crippen molar-refractivity contribution in [1.29, 1.82) is 5.26 Å². The van der Waals surface area contributed by atoms with Gasteiger partial charge in [0.2, 0.25) is 0 Å². The van der Waals surface area contributed by atoms with Crippen molar-refractivity contribution in [3.05, 3.63) is 90.9 Å². The van der Waals surface area contributed by atoms with Crippen LogP contribution in [0.15, 0.2) is 84.8 Å². The number of nitrogens with zero attached hydrogens (tertiary/aromatic N) is 9. The van der Waals surface area contributed by atoms with E-state index in [-0.39, 0.29) is 64.2 Å². The SMILES string of the molecule is C=C(Cn1ccc(S(C)(=O)=O)n1)[C@H]1CC[C@H]2[C@@H]3CC[C@@H]4C[C@@](O)(C(F)F)CC[C@@H]4[C@H]3CC[C@]12C.C=C(Cn1cccn1)[C@H]1CC[C@H]2[C@@H]3CC[C@@H]4C[C@@](O)(C(F)F)CC[C@@H]4[C@H]3CC[C@]12C.CC[C@@]1(O)CC[C@H]2[C@H](CC[C@@H]3[C@@H]2CC[C@]2(C)[C@@H](C(=O)Cn4cc(C#N)cn4)CC[C@@H]32)C1.Cc1cnn(CC(=O)[C@H]2CC[C@H]3[C@@H]4CC[C@@H]5C[C@](C)(O)CC[C@@H]5[C@H]4CC[C@]23C)c1. The number of Topliss-reactive ketones (excluding diaryl/α,β-unsaturated/α-hetero) is 2. The van der Waals surface area contributed by atoms with Crippen molar-refractivity contribution in [2.45, 2.75) is 352 Å². The van der Waals surface area contributed by atoms with E-state index >= 15 is 0 Å². The summed E-state index contributed by atoms with van der Waals surface area (Å²) in [6.45, 7) is 27.0. The minimum absolute atomic E-state index is 0.0966. The number of allylic oxidation sites excluding steroid dienone is 2. The zero-order valence-electron chi connectivity index (χ0n) is 76.0. The molecule has 22 heteroatoms. The van der Waals surface area contributed by atoms with Crippen LogP contribution in [0.5, 0.6) is 0 Å². The summed E-state index contributed by atoms with van der Waals surface area (Å²) in [4.78, 5) is 26.5. The average Bonchev–Trinajstić information content (AvgIpc) is 1.49. The normalized spacial score (nSPS) is 44.5. The van der Waals surface area contributed by atoms with E-state index in [1.165, 1.54) is 121 Å². The molecule has 124 heavy (non-hydrogen) atoms. The van der Waals surface area contributed by atoms with E-state index in [2.05, 4.69) is 74.2 Å². The van der Waals surface area contributed by atoms with Crippen LogP contribution in [0.25, 0.3) is 0 Å². The molecule has 0 radical (unpaired) electrons. The third-order valence-electron chi connectivity index (χ3n) is 40.1. The number of aromatic nitrogens is 8. The van der Waals surface area contributed by atoms with Crippen LogP contribution in [0.1, 0.15) is 290 Å². The molecule has 0 aromatic carbocycles. The van der Waals surface area contributed by atoms with E-state index in [9.17, 15) is 56.0 Å². The number of nitriles is 1. The Morgan fingerprint density at radius 1 is 0.468 bits per heavy atom. The Morgan fingerprint density at radius 3 is 1.26 bits per heavy atom. The summed E-state index contributed by atoms with van der Waals surface area (Å²) in [6, 6.07) is 5.61. The first kappa shape index (κ1) is 90.6. The maximum absolute atomic E-state index is 13.5. The highest BCUT2D eigenvalue weighted by molar-refractivity contribution is 7.90. The number of ketones is 2. The molecule has 4 N–H and O–H groups in total. The molecule has 0 unspecified atom stereocenters. The van der Waals surface area contributed by atoms with Crippen LogP contribution in [-0.2, 0) is 45.6 Å². The number of hydrogen-bond donors (Lipinski definition) is 4. The molecular weight excluding hydrogens is 1590 g/mol. The Morgan fingerprint density at radius 2 is 0.863 bits per heavy atom. The molecule has 16 saturated carbocycles. The Kier molecular flexibility index (Phi) is 25.4. The van der Waals surface area contributed by atoms with E-state index in [0.29, 0.717) is 108 Å². The molecule has 32 atom stereocenters. The van der Waals surface area contributed by atoms with Gasteiger partial charge in [-0.05, 0) is 421 Å². The van der Waals surface area contributed by atoms with Gasteiger partial charge in [-0.15, -0.1) is 0 Å². The van der Waals surface area contributed by atoms with Crippen molar-refractivity contribution in [3.8, 4) is 6.07 Å². The number of carbonyl (C=O) groups is 2. The van der Waals surface area contributed by atoms with Crippen LogP contribution in [0.4, 0.5) is 17.6 Å². The van der Waals surface area contributed by atoms with E-state index in [1.807, 2.05) is 54.1 Å². The number of halogens is 4. The van der Waals surface area contributed by atoms with Gasteiger partial charge in [0.1, 0.15) is 17.3 Å². The lowest BCUT2D eigenvalue weighted by molar-refractivity contribution is -0.159. The second-order valence-electron chi connectivity index (χ2n) is 46.1. The predicted molar refractivity (Wildman–Crippen MR) is 470 cm³/mol. The van der Waals surface area contributed by atoms with Gasteiger partial charge in [0, 0.05) is 49.1 Å². The molecule has 684 valence electrons. The maximum Gasteiger partial charge on any atom is 0.266 e. The van der Waals surface area contributed by atoms with E-state index < -0.39 is 45.1 Å². The third kappa shape index (κ3) is 16.9. The third-order valence-corrected chi connectivity index (χ3v) is 41.1. The van der Waals surface area contributed by atoms with Gasteiger partial charge in [0.05, 0.1) is 55.3 Å². The summed E-state index contributed by atoms with van der Waals surface area (Å²) in [5.41, 5.74) is 0.509. The predicted octanol–water partition coefficient (Wildman–Crippen LogP) is 20.3. The van der Waals surface area contributed by atoms with Crippen LogP contribution in [0, 0.1) is 182 Å². The molecule has 4 aromatic heterocycles. The van der Waals surface area contributed by atoms with Gasteiger partial charge in [-0.2, -0.15) is 25.7 Å². The summed E-state index contributed by atoms with van der Waals surface area (Å²) in [6.07, 6.45) is 46.7. The Balaban J connectivity index is 0.000000117. The molecular formula is C102H149F4N9O8S. The Bertz CT molecular complexity index is 4650. The minimum atomic E-state index is -3.32. The zero-order chi connectivity index (χ0) is 87.8. The number of alkyl halides is 4. The molecule has 17 nitrogen and oxygen atoms in total. The quantitative estimate of drug-likeness (QED) is 0.0603. The highest BCUT2D eigenvalue weighted by Crippen LogP contribution is 2.71. The average molecular weight is 1740 g/mol. The molecule has 4 aromatic rings. The molecule has 0 bridgehead atoms. The molecule has 16 aliphatic carbocycles. The second kappa shape index (κ2) is 34.8. The highest BCUT2D eigenvalue weighted by Gasteiger charge is 2.65. The number of carbonyl (C=O) groups excluding carboxylic acids is 2. The molecule has 4 heterocycles. The van der Waals surface area contributed by atoms with Crippen molar-refractivity contribution < 1.29 is 56.0 Å². The van der Waals surface area contributed by atoms with E-state index in [0.717, 1.165) is 180 Å². The fourth-order valence-corrected chi connectivity index (χ4v) is 34.8. The molecule has 16 aliphatic rings. The number of sulfone groups is 1. The van der Waals surface area contributed by atoms with Gasteiger partial charge in [-0.1, -0.05) is 58.9 Å². The fraction of sp³-hybridized carbons (Fsp3) is 0.814. The van der Waals surface area contributed by atoms with Gasteiger partial charge in [-0.25, -0.2) is 26.0 Å². The Labute approximate surface area is 737 Å². The summed E-state index contributed by atoms with van der Waals surface area (Å²) >= 11 is 0. The lowest BCUT2D eigenvalue weighted by Gasteiger charge is -2.57. The lowest BCUT2D eigenvalue weighted by Crippen LogP contribution is -2.52. The number of aliphatic hydroxyl groups is 4. The van der Waals surface area contributed by atoms with Crippen molar-refractivity contribution in [2.75, 3.05) is 6.26 Å². The maximum atomic E-state index is 13.5. The first-order valence-electron chi connectivity index (χ1n) is 49.4. The summed E-state index contributed by atoms with van der Waals surface area (Å²) in [7, 11) is -3.32. The first-order chi connectivity index (χ1) is 58.9. The smallest absolute Gasteiger partial charge is 0.266 e. The van der Waals surface area contributed by atoms with Crippen LogP contribution in [0.2, 0.25) is 0 Å². The zero-order valence-corrected chi connectivity index (χ0v) is 76.8. The second-order valence-corrected chi connectivity index (χ2v) is 48.1. The topological polar surface area (TPSA) is 244 Å². The first-order valence-corrected chi connectivity index (χ1v) is 51.3. The van der Waals surface area contributed by atoms with Gasteiger partial charge in [-0.3, -0.25) is 28.3 Å². The number of fused-ring (bicyclic) bond motifs is 20. The van der Waals surface area contributed by atoms with Gasteiger partial charge in [0.25, 0.3) is 12.9 Å². The van der Waals surface area contributed by atoms with Crippen LogP contribution in [0.3, 0.4) is 0 Å². The monoisotopic (exact) mass is 1740 g/mol. The van der Waals surface area contributed by atoms with Crippen molar-refractivity contribution in [1.82, 2.24) is 39.1 Å². The summed E-state index contributed by atoms with van der Waals surface area (Å²) in [5, 5.41) is 68.6. The molecule has 16 fully saturated rings. The number of hydrogen-bond acceptors (Lipinski definition) is 13. The van der Waals surface area contributed by atoms with E-state index in [4.69, 9.17) is 5.26 Å². The van der Waals surface area contributed by atoms with Gasteiger partial charge >= 0.3 is 0 Å². The van der Waals surface area contributed by atoms with Gasteiger partial charge in [0.15, 0.2) is 26.4 Å². The number of aryl methyl sites for hydroxylation is 1. The highest BCUT2D eigenvalue weighted by atomic mass is 32.2. The molecule has 0 spiro atoms. The molecule has 0 aliphatic heterocycles. The molecule has 20 rings (SSSR count). The van der Waals surface area contributed by atoms with Crippen LogP contribution < -0.4 is 0 Å². The molecule has 0 amide bonds. The summed E-state index contributed by atoms with van der Waals surface area (Å²) in [5.74, 6) is 15.1. The minimum Gasteiger partial charge on any atom is -0.390 e. The van der Waals surface area contributed by atoms with Crippen LogP contribution in [-0.4, -0.2) is 121 Å². The Hall–Kier alpha value is -5.34. The fourth-order valence-electron chi connectivity index (χ4n) is 34.2. The van der Waals surface area contributed by atoms with Crippen molar-refractivity contribution in [2.24, 2.45) is 164 Å². The van der Waals surface area contributed by atoms with Crippen molar-refractivity contribution >= 4 is 21.4 Å². The summed E-state index contributed by atoms with van der Waals surface area (Å²) < 4.78 is 84.5. The van der Waals surface area contributed by atoms with E-state index in [1.54, 1.807) is 34.0 Å². The number of rotatable bonds is 16. The standard InChI is InChI=1S/C26H38F2N2O3S.C26H37N3O2.C25H36F2N2O.C25H38N2O2/c1-16(15-30-13-10-23(29-30)34(3,32)33)21-6-7-22-20-5-4-17-14-26(31,24(27)28)12-9-18(17)19(20)8-11-25(21,22)2;1-3-26(31)11-9-19-18(12-26)4-5-21-20(19)8-10-25(2)22(21)6-7-23(25)24(30)16-29-15-17(13-27)14-28-29;1-16(15-29-13-3-12-28-29)21-6-7-22-20-5-4-17-14-25(30,23(26)27)11-9-18(17)19(20)8-10-24(21,22)2;1-16-13-26-27(14-16)15-23(28)22-7-6-21-20-5-4-17-12-24(2,29)10-8-18(17)19(20)9-11-25(21,22)3/h10,13,17-22,24,31H,1,4-9,11-12,14-15H2,2-3H3;14-15,18-23,31H,3-12,16H2,1-2H3;3,12-13,17-23,30H,1,4-11,14-15H2,2H3;13-14,17-22,29H,4-12,15H2,1-3H3/t17-,18+,19-,20-,21-,22+,25-,26-;18-,19+,20-,21-,22+,23-,25+,26-;17-,18+,19-,20-,21-,22+,24-,25-;17-,18+,19-,20-,21+,22-,24-,25+/m1111/s1.